The molecular weight excluding hydrogens is 368 g/mol. The smallest absolute Gasteiger partial charge is 0.243 e. The number of unbranched alkanes of at least 4 members (excludes halogenated alkanes) is 2. The lowest BCUT2D eigenvalue weighted by molar-refractivity contribution is -0.116. The van der Waals surface area contributed by atoms with Gasteiger partial charge < -0.3 is 5.32 Å². The number of pyridine rings is 1. The number of aromatic nitrogens is 1. The summed E-state index contributed by atoms with van der Waals surface area (Å²) in [4.78, 5) is 16.4. The van der Waals surface area contributed by atoms with Gasteiger partial charge in [0, 0.05) is 25.0 Å². The van der Waals surface area contributed by atoms with Crippen LogP contribution >= 0.6 is 0 Å². The Labute approximate surface area is 180 Å². The van der Waals surface area contributed by atoms with Gasteiger partial charge in [-0.3, -0.25) is 9.78 Å². The first-order chi connectivity index (χ1) is 14.7. The number of nitrogens with one attached hydrogen (secondary N) is 1. The molecule has 3 nitrogen and oxygen atoms in total. The molecule has 1 aromatic heterocycles. The van der Waals surface area contributed by atoms with E-state index in [1.54, 1.807) is 12.3 Å². The monoisotopic (exact) mass is 400 g/mol. The maximum absolute atomic E-state index is 12.3. The Morgan fingerprint density at radius 2 is 1.93 bits per heavy atom. The van der Waals surface area contributed by atoms with Crippen LogP contribution in [0.5, 0.6) is 0 Å². The number of hydrogen-bond acceptors (Lipinski definition) is 2. The molecule has 1 heterocycles. The molecule has 1 amide bonds. The van der Waals surface area contributed by atoms with E-state index in [1.165, 1.54) is 27.5 Å². The van der Waals surface area contributed by atoms with Crippen molar-refractivity contribution in [2.75, 3.05) is 6.54 Å². The van der Waals surface area contributed by atoms with E-state index < -0.39 is 0 Å². The zero-order valence-corrected chi connectivity index (χ0v) is 18.2. The highest BCUT2D eigenvalue weighted by Gasteiger charge is 2.07. The quantitative estimate of drug-likeness (QED) is 0.333. The second-order valence-electron chi connectivity index (χ2n) is 7.90. The van der Waals surface area contributed by atoms with Crippen LogP contribution in [0.25, 0.3) is 16.8 Å². The first-order valence-corrected chi connectivity index (χ1v) is 11.0. The Hall–Kier alpha value is -2.94. The molecule has 3 rings (SSSR count). The van der Waals surface area contributed by atoms with Crippen LogP contribution in [0.2, 0.25) is 0 Å². The normalized spacial score (nSPS) is 11.3. The third kappa shape index (κ3) is 6.28. The molecule has 30 heavy (non-hydrogen) atoms. The third-order valence-electron chi connectivity index (χ3n) is 5.43. The molecule has 3 aromatic rings. The van der Waals surface area contributed by atoms with Gasteiger partial charge in [0.25, 0.3) is 0 Å². The summed E-state index contributed by atoms with van der Waals surface area (Å²) in [6.07, 6.45) is 13.7. The molecule has 156 valence electrons. The van der Waals surface area contributed by atoms with Gasteiger partial charge in [0.1, 0.15) is 0 Å². The summed E-state index contributed by atoms with van der Waals surface area (Å²) in [5, 5.41) is 5.58. The number of aryl methyl sites for hydroxylation is 3. The molecule has 0 spiro atoms. The average molecular weight is 401 g/mol. The predicted molar refractivity (Wildman–Crippen MR) is 127 cm³/mol. The summed E-state index contributed by atoms with van der Waals surface area (Å²) in [6.45, 7) is 5.05. The molecule has 0 aliphatic heterocycles. The van der Waals surface area contributed by atoms with Crippen LogP contribution in [0, 0.1) is 6.92 Å². The fourth-order valence-corrected chi connectivity index (χ4v) is 3.74. The average Bonchev–Trinajstić information content (AvgIpc) is 2.76. The molecule has 0 unspecified atom stereocenters. The number of carbonyl (C=O) groups excluding carboxylic acids is 1. The van der Waals surface area contributed by atoms with Gasteiger partial charge >= 0.3 is 0 Å². The highest BCUT2D eigenvalue weighted by Crippen LogP contribution is 2.26. The lowest BCUT2D eigenvalue weighted by Gasteiger charge is -2.11. The van der Waals surface area contributed by atoms with Crippen molar-refractivity contribution < 1.29 is 4.79 Å². The van der Waals surface area contributed by atoms with Gasteiger partial charge in [-0.2, -0.15) is 0 Å². The van der Waals surface area contributed by atoms with Crippen molar-refractivity contribution in [3.63, 3.8) is 0 Å². The van der Waals surface area contributed by atoms with Crippen LogP contribution in [-0.4, -0.2) is 17.4 Å². The van der Waals surface area contributed by atoms with Crippen molar-refractivity contribution in [3.8, 4) is 0 Å². The zero-order chi connectivity index (χ0) is 21.2. The Morgan fingerprint density at radius 3 is 2.73 bits per heavy atom. The molecule has 0 atom stereocenters. The Bertz CT molecular complexity index is 992. The lowest BCUT2D eigenvalue weighted by atomic mass is 9.93. The number of rotatable bonds is 10. The third-order valence-corrected chi connectivity index (χ3v) is 5.43. The minimum atomic E-state index is -0.0258. The minimum absolute atomic E-state index is 0.0258. The molecule has 0 radical (unpaired) electrons. The molecule has 0 aliphatic carbocycles. The number of hydrogen-bond donors (Lipinski definition) is 1. The van der Waals surface area contributed by atoms with E-state index in [2.05, 4.69) is 60.5 Å². The number of nitrogens with zero attached hydrogens (tertiary/aromatic N) is 1. The van der Waals surface area contributed by atoms with Gasteiger partial charge in [-0.1, -0.05) is 55.3 Å². The Kier molecular flexibility index (Phi) is 8.20. The van der Waals surface area contributed by atoms with Crippen LogP contribution in [0.15, 0.2) is 60.9 Å². The van der Waals surface area contributed by atoms with Gasteiger partial charge in [0.05, 0.1) is 0 Å². The summed E-state index contributed by atoms with van der Waals surface area (Å²) in [7, 11) is 0. The van der Waals surface area contributed by atoms with E-state index >= 15 is 0 Å². The molecule has 0 bridgehead atoms. The fraction of sp³-hybridized carbons (Fsp3) is 0.333. The molecule has 1 N–H and O–H groups in total. The van der Waals surface area contributed by atoms with Crippen molar-refractivity contribution in [2.24, 2.45) is 0 Å². The van der Waals surface area contributed by atoms with E-state index in [1.807, 2.05) is 18.3 Å². The van der Waals surface area contributed by atoms with E-state index in [9.17, 15) is 4.79 Å². The predicted octanol–water partition coefficient (Wildman–Crippen LogP) is 6.04. The maximum atomic E-state index is 12.3. The van der Waals surface area contributed by atoms with E-state index in [0.717, 1.165) is 44.1 Å². The summed E-state index contributed by atoms with van der Waals surface area (Å²) in [5.41, 5.74) is 5.01. The summed E-state index contributed by atoms with van der Waals surface area (Å²) in [5.74, 6) is -0.0258. The SMILES string of the molecule is CCCCc1c(/C=C/C(=O)NCCCCc2cccnc2)ccc2ccc(C)cc12. The fourth-order valence-electron chi connectivity index (χ4n) is 3.74. The van der Waals surface area contributed by atoms with Crippen LogP contribution in [-0.2, 0) is 17.6 Å². The Morgan fingerprint density at radius 1 is 1.07 bits per heavy atom. The number of amides is 1. The van der Waals surface area contributed by atoms with Gasteiger partial charge in [-0.15, -0.1) is 0 Å². The summed E-state index contributed by atoms with van der Waals surface area (Å²) >= 11 is 0. The molecule has 0 aliphatic rings. The van der Waals surface area contributed by atoms with Crippen molar-refractivity contribution >= 4 is 22.8 Å². The largest absolute Gasteiger partial charge is 0.353 e. The van der Waals surface area contributed by atoms with Crippen molar-refractivity contribution in [2.45, 2.75) is 52.4 Å². The Balaban J connectivity index is 1.58. The first kappa shape index (κ1) is 21.8. The van der Waals surface area contributed by atoms with Crippen LogP contribution in [0.1, 0.15) is 54.9 Å². The second-order valence-corrected chi connectivity index (χ2v) is 7.90. The molecule has 0 saturated heterocycles. The van der Waals surface area contributed by atoms with Gasteiger partial charge in [0.2, 0.25) is 5.91 Å². The maximum Gasteiger partial charge on any atom is 0.243 e. The standard InChI is InChI=1S/C27H32N2O/c1-3-4-10-25-23(13-14-24-12-11-21(2)19-26(24)25)15-16-27(30)29-18-6-5-8-22-9-7-17-28-20-22/h7,9,11-17,19-20H,3-6,8,10,18H2,1-2H3,(H,29,30)/b16-15+. The highest BCUT2D eigenvalue weighted by molar-refractivity contribution is 5.94. The van der Waals surface area contributed by atoms with Crippen molar-refractivity contribution in [1.29, 1.82) is 0 Å². The van der Waals surface area contributed by atoms with Gasteiger partial charge in [0.15, 0.2) is 0 Å². The lowest BCUT2D eigenvalue weighted by Crippen LogP contribution is -2.22. The van der Waals surface area contributed by atoms with E-state index in [4.69, 9.17) is 0 Å². The second kappa shape index (κ2) is 11.3. The summed E-state index contributed by atoms with van der Waals surface area (Å²) < 4.78 is 0. The van der Waals surface area contributed by atoms with E-state index in [-0.39, 0.29) is 5.91 Å². The number of benzene rings is 2. The minimum Gasteiger partial charge on any atom is -0.353 e. The van der Waals surface area contributed by atoms with Crippen molar-refractivity contribution in [3.05, 3.63) is 83.2 Å². The molecule has 3 heteroatoms. The number of carbonyl (C=O) groups is 1. The molecule has 0 saturated carbocycles. The van der Waals surface area contributed by atoms with Gasteiger partial charge in [-0.25, -0.2) is 0 Å². The highest BCUT2D eigenvalue weighted by atomic mass is 16.1. The number of fused-ring (bicyclic) bond motifs is 1. The van der Waals surface area contributed by atoms with Crippen LogP contribution < -0.4 is 5.32 Å². The summed E-state index contributed by atoms with van der Waals surface area (Å²) in [6, 6.07) is 15.0. The molecular formula is C27H32N2O. The first-order valence-electron chi connectivity index (χ1n) is 11.0. The zero-order valence-electron chi connectivity index (χ0n) is 18.2. The van der Waals surface area contributed by atoms with E-state index in [0.29, 0.717) is 6.54 Å². The van der Waals surface area contributed by atoms with Crippen molar-refractivity contribution in [1.82, 2.24) is 10.3 Å². The molecule has 0 fully saturated rings. The van der Waals surface area contributed by atoms with Crippen LogP contribution in [0.4, 0.5) is 0 Å². The topological polar surface area (TPSA) is 42.0 Å². The van der Waals surface area contributed by atoms with Crippen LogP contribution in [0.3, 0.4) is 0 Å². The van der Waals surface area contributed by atoms with Gasteiger partial charge in [-0.05, 0) is 78.6 Å². The molecule has 2 aromatic carbocycles.